The average molecular weight is 233 g/mol. The number of hydrogen-bond acceptors (Lipinski definition) is 5. The van der Waals surface area contributed by atoms with E-state index in [1.165, 1.54) is 0 Å². The first-order chi connectivity index (χ1) is 8.68. The lowest BCUT2D eigenvalue weighted by Crippen LogP contribution is -2.41. The van der Waals surface area contributed by atoms with Crippen molar-refractivity contribution in [1.82, 2.24) is 9.97 Å². The summed E-state index contributed by atoms with van der Waals surface area (Å²) in [5, 5.41) is 8.75. The lowest BCUT2D eigenvalue weighted by Gasteiger charge is -2.32. The standard InChI is InChI=1S/C11H14BN3O2/c1-10(2)11(3,4)17-12(16-10)9-7-14-8(5-13)6-15-9/h6-7H,1-4H3/i6D,7D. The Hall–Kier alpha value is -1.45. The molecule has 88 valence electrons. The molecule has 1 aromatic heterocycles. The predicted octanol–water partition coefficient (Wildman–Crippen LogP) is 0.647. The van der Waals surface area contributed by atoms with Crippen LogP contribution in [0.4, 0.5) is 0 Å². The molecular weight excluding hydrogens is 217 g/mol. The summed E-state index contributed by atoms with van der Waals surface area (Å²) in [4.78, 5) is 7.63. The van der Waals surface area contributed by atoms with Gasteiger partial charge >= 0.3 is 7.12 Å². The molecule has 6 heteroatoms. The second-order valence-corrected chi connectivity index (χ2v) is 4.88. The van der Waals surface area contributed by atoms with E-state index in [0.29, 0.717) is 0 Å². The van der Waals surface area contributed by atoms with Gasteiger partial charge in [-0.15, -0.1) is 0 Å². The minimum Gasteiger partial charge on any atom is -0.398 e. The van der Waals surface area contributed by atoms with E-state index in [0.717, 1.165) is 0 Å². The highest BCUT2D eigenvalue weighted by Crippen LogP contribution is 2.36. The summed E-state index contributed by atoms with van der Waals surface area (Å²) in [6.07, 6.45) is -0.478. The first kappa shape index (κ1) is 9.57. The quantitative estimate of drug-likeness (QED) is 0.666. The Morgan fingerprint density at radius 3 is 2.35 bits per heavy atom. The highest BCUT2D eigenvalue weighted by atomic mass is 16.7. The highest BCUT2D eigenvalue weighted by Gasteiger charge is 2.52. The Morgan fingerprint density at radius 2 is 1.82 bits per heavy atom. The van der Waals surface area contributed by atoms with E-state index in [-0.39, 0.29) is 23.6 Å². The monoisotopic (exact) mass is 233 g/mol. The van der Waals surface area contributed by atoms with Crippen molar-refractivity contribution < 1.29 is 12.1 Å². The van der Waals surface area contributed by atoms with Crippen LogP contribution < -0.4 is 5.59 Å². The molecule has 2 rings (SSSR count). The third kappa shape index (κ3) is 2.04. The van der Waals surface area contributed by atoms with Gasteiger partial charge in [-0.2, -0.15) is 5.26 Å². The fraction of sp³-hybridized carbons (Fsp3) is 0.545. The summed E-state index contributed by atoms with van der Waals surface area (Å²) >= 11 is 0. The molecule has 0 aromatic carbocycles. The molecule has 0 spiro atoms. The molecule has 0 N–H and O–H groups in total. The van der Waals surface area contributed by atoms with E-state index in [4.69, 9.17) is 17.3 Å². The Kier molecular flexibility index (Phi) is 2.14. The van der Waals surface area contributed by atoms with E-state index in [9.17, 15) is 0 Å². The van der Waals surface area contributed by atoms with Crippen LogP contribution in [0, 0.1) is 11.3 Å². The molecule has 0 amide bonds. The lowest BCUT2D eigenvalue weighted by atomic mass is 9.85. The molecule has 0 aliphatic carbocycles. The molecule has 5 nitrogen and oxygen atoms in total. The molecule has 0 radical (unpaired) electrons. The molecule has 17 heavy (non-hydrogen) atoms. The Bertz CT molecular complexity index is 556. The van der Waals surface area contributed by atoms with Crippen molar-refractivity contribution >= 4 is 12.7 Å². The van der Waals surface area contributed by atoms with Crippen molar-refractivity contribution in [1.29, 1.82) is 5.26 Å². The first-order valence-electron chi connectivity index (χ1n) is 6.29. The Labute approximate surface area is 104 Å². The van der Waals surface area contributed by atoms with E-state index in [1.807, 2.05) is 27.7 Å². The summed E-state index contributed by atoms with van der Waals surface area (Å²) in [6, 6.07) is 1.72. The highest BCUT2D eigenvalue weighted by molar-refractivity contribution is 6.61. The fourth-order valence-corrected chi connectivity index (χ4v) is 1.39. The maximum absolute atomic E-state index is 8.75. The Balaban J connectivity index is 2.41. The minimum absolute atomic E-state index is 0.127. The Morgan fingerprint density at radius 1 is 1.24 bits per heavy atom. The molecule has 1 aromatic rings. The molecule has 0 unspecified atom stereocenters. The maximum atomic E-state index is 8.75. The van der Waals surface area contributed by atoms with Crippen molar-refractivity contribution in [2.24, 2.45) is 0 Å². The summed E-state index contributed by atoms with van der Waals surface area (Å²) < 4.78 is 26.8. The summed E-state index contributed by atoms with van der Waals surface area (Å²) in [5.74, 6) is 0. The second-order valence-electron chi connectivity index (χ2n) is 4.88. The molecule has 1 aliphatic rings. The summed E-state index contributed by atoms with van der Waals surface area (Å²) in [5.41, 5.74) is -1.16. The molecular formula is C11H14BN3O2. The van der Waals surface area contributed by atoms with Crippen molar-refractivity contribution in [2.45, 2.75) is 38.9 Å². The average Bonchev–Trinajstić information content (AvgIpc) is 2.50. The third-order valence-electron chi connectivity index (χ3n) is 3.15. The number of nitrogens with zero attached hydrogens (tertiary/aromatic N) is 3. The van der Waals surface area contributed by atoms with Crippen LogP contribution in [0.5, 0.6) is 0 Å². The van der Waals surface area contributed by atoms with E-state index in [2.05, 4.69) is 9.97 Å². The normalized spacial score (nSPS) is 22.9. The van der Waals surface area contributed by atoms with E-state index in [1.54, 1.807) is 6.07 Å². The van der Waals surface area contributed by atoms with Gasteiger partial charge in [0.05, 0.1) is 25.7 Å². The van der Waals surface area contributed by atoms with Crippen LogP contribution in [-0.4, -0.2) is 28.3 Å². The topological polar surface area (TPSA) is 68.0 Å². The van der Waals surface area contributed by atoms with Crippen LogP contribution >= 0.6 is 0 Å². The second kappa shape index (κ2) is 3.79. The van der Waals surface area contributed by atoms with Crippen molar-refractivity contribution in [3.63, 3.8) is 0 Å². The van der Waals surface area contributed by atoms with Gasteiger partial charge in [0, 0.05) is 6.17 Å². The molecule has 0 atom stereocenters. The van der Waals surface area contributed by atoms with Crippen molar-refractivity contribution in [3.05, 3.63) is 18.0 Å². The van der Waals surface area contributed by atoms with Gasteiger partial charge in [-0.05, 0) is 27.7 Å². The van der Waals surface area contributed by atoms with Gasteiger partial charge < -0.3 is 9.31 Å². The SMILES string of the molecule is [2H]c1nc(B2OC(C)(C)C(C)(C)O2)c([2H])nc1C#N. The van der Waals surface area contributed by atoms with Crippen molar-refractivity contribution in [3.8, 4) is 6.07 Å². The number of rotatable bonds is 1. The van der Waals surface area contributed by atoms with Gasteiger partial charge in [-0.25, -0.2) is 4.98 Å². The van der Waals surface area contributed by atoms with Crippen LogP contribution in [0.1, 0.15) is 36.1 Å². The van der Waals surface area contributed by atoms with Gasteiger partial charge in [-0.3, -0.25) is 4.98 Å². The van der Waals surface area contributed by atoms with E-state index < -0.39 is 18.3 Å². The van der Waals surface area contributed by atoms with Gasteiger partial charge in [-0.1, -0.05) is 0 Å². The van der Waals surface area contributed by atoms with E-state index >= 15 is 0 Å². The molecule has 1 fully saturated rings. The van der Waals surface area contributed by atoms with Crippen LogP contribution in [0.15, 0.2) is 12.3 Å². The number of nitriles is 1. The van der Waals surface area contributed by atoms with Gasteiger partial charge in [0.25, 0.3) is 0 Å². The van der Waals surface area contributed by atoms with Gasteiger partial charge in [0.2, 0.25) is 0 Å². The maximum Gasteiger partial charge on any atom is 0.516 e. The summed E-state index contributed by atoms with van der Waals surface area (Å²) in [7, 11) is -0.846. The molecule has 2 heterocycles. The molecule has 1 saturated heterocycles. The van der Waals surface area contributed by atoms with Crippen LogP contribution in [-0.2, 0) is 9.31 Å². The van der Waals surface area contributed by atoms with Crippen LogP contribution in [0.3, 0.4) is 0 Å². The molecule has 0 saturated carbocycles. The first-order valence-corrected chi connectivity index (χ1v) is 5.29. The summed E-state index contributed by atoms with van der Waals surface area (Å²) in [6.45, 7) is 7.54. The predicted molar refractivity (Wildman–Crippen MR) is 62.5 cm³/mol. The van der Waals surface area contributed by atoms with Crippen LogP contribution in [0.25, 0.3) is 0 Å². The largest absolute Gasteiger partial charge is 0.516 e. The lowest BCUT2D eigenvalue weighted by molar-refractivity contribution is 0.00578. The zero-order valence-corrected chi connectivity index (χ0v) is 10.2. The smallest absolute Gasteiger partial charge is 0.398 e. The third-order valence-corrected chi connectivity index (χ3v) is 3.15. The zero-order valence-electron chi connectivity index (χ0n) is 12.2. The number of aromatic nitrogens is 2. The van der Waals surface area contributed by atoms with Gasteiger partial charge in [0.1, 0.15) is 6.07 Å². The molecule has 1 aliphatic heterocycles. The minimum atomic E-state index is -0.846. The number of hydrogen-bond donors (Lipinski definition) is 0. The molecule has 0 bridgehead atoms. The zero-order chi connectivity index (χ0) is 14.4. The fourth-order valence-electron chi connectivity index (χ4n) is 1.39. The van der Waals surface area contributed by atoms with Crippen LogP contribution in [0.2, 0.25) is 0 Å². The van der Waals surface area contributed by atoms with Crippen molar-refractivity contribution in [2.75, 3.05) is 0 Å². The van der Waals surface area contributed by atoms with Gasteiger partial charge in [0.15, 0.2) is 5.69 Å².